The number of amides is 1. The van der Waals surface area contributed by atoms with Gasteiger partial charge in [-0.1, -0.05) is 68.4 Å². The first-order valence-corrected chi connectivity index (χ1v) is 15.7. The Hall–Kier alpha value is -4.08. The lowest BCUT2D eigenvalue weighted by atomic mass is 9.80. The van der Waals surface area contributed by atoms with Crippen LogP contribution in [0.15, 0.2) is 78.9 Å². The van der Waals surface area contributed by atoms with E-state index in [2.05, 4.69) is 19.2 Å². The molecule has 1 amide bonds. The fourth-order valence-electron chi connectivity index (χ4n) is 5.52. The Morgan fingerprint density at radius 3 is 1.83 bits per heavy atom. The summed E-state index contributed by atoms with van der Waals surface area (Å²) in [6.07, 6.45) is -1.49. The van der Waals surface area contributed by atoms with Crippen molar-refractivity contribution in [3.05, 3.63) is 95.6 Å². The second-order valence-electron chi connectivity index (χ2n) is 12.9. The lowest BCUT2D eigenvalue weighted by Gasteiger charge is -2.37. The Labute approximate surface area is 272 Å². The number of esters is 1. The molecule has 1 saturated heterocycles. The minimum atomic E-state index is -1.06. The Kier molecular flexibility index (Phi) is 11.3. The zero-order valence-electron chi connectivity index (χ0n) is 28.1. The third-order valence-electron chi connectivity index (χ3n) is 7.96. The number of hydrogen-bond donors (Lipinski definition) is 1. The molecular weight excluding hydrogens is 586 g/mol. The van der Waals surface area contributed by atoms with Gasteiger partial charge < -0.3 is 33.7 Å². The van der Waals surface area contributed by atoms with Crippen molar-refractivity contribution in [3.8, 4) is 11.5 Å². The van der Waals surface area contributed by atoms with Crippen LogP contribution in [0.3, 0.4) is 0 Å². The smallest absolute Gasteiger partial charge is 0.408 e. The molecule has 0 bridgehead atoms. The second kappa shape index (κ2) is 15.0. The van der Waals surface area contributed by atoms with Crippen molar-refractivity contribution in [1.82, 2.24) is 5.32 Å². The SMILES string of the molecule is COc1ccc(C(OC[C@H]2O[C@@H](C(C)C)CC2OC(=O)[C@H](C)NC(=O)OC(C)(C)C)(c2ccccc2)c2ccc(OC)cc2)cc1. The third-order valence-corrected chi connectivity index (χ3v) is 7.96. The standard InChI is InChI=1S/C37H47NO8/c1-24(2)31-22-32(45-34(39)25(3)38-35(40)46-36(4,5)6)33(44-31)23-43-37(26-12-10-9-11-13-26,27-14-18-29(41-7)19-15-27)28-16-20-30(42-8)21-17-28/h9-21,24-25,31-33H,22-23H2,1-8H3,(H,38,40)/t25-,31+,32?,33+/m0/s1. The van der Waals surface area contributed by atoms with Crippen LogP contribution in [0.25, 0.3) is 0 Å². The first kappa shape index (κ1) is 34.8. The number of carbonyl (C=O) groups is 2. The van der Waals surface area contributed by atoms with Crippen molar-refractivity contribution in [2.45, 2.75) is 83.5 Å². The van der Waals surface area contributed by atoms with Gasteiger partial charge in [-0.25, -0.2) is 9.59 Å². The van der Waals surface area contributed by atoms with Gasteiger partial charge in [-0.2, -0.15) is 0 Å². The maximum Gasteiger partial charge on any atom is 0.408 e. The molecule has 1 aliphatic rings. The fourth-order valence-corrected chi connectivity index (χ4v) is 5.52. The average Bonchev–Trinajstić information content (AvgIpc) is 3.44. The number of rotatable bonds is 12. The molecule has 1 unspecified atom stereocenters. The number of methoxy groups -OCH3 is 2. The van der Waals surface area contributed by atoms with Gasteiger partial charge >= 0.3 is 12.1 Å². The molecule has 0 aliphatic carbocycles. The van der Waals surface area contributed by atoms with Crippen LogP contribution in [-0.2, 0) is 29.3 Å². The predicted octanol–water partition coefficient (Wildman–Crippen LogP) is 6.65. The van der Waals surface area contributed by atoms with Crippen molar-refractivity contribution >= 4 is 12.1 Å². The normalized spacial score (nSPS) is 18.9. The summed E-state index contributed by atoms with van der Waals surface area (Å²) in [6.45, 7) is 11.1. The van der Waals surface area contributed by atoms with E-state index in [0.717, 1.165) is 28.2 Å². The van der Waals surface area contributed by atoms with Crippen molar-refractivity contribution in [1.29, 1.82) is 0 Å². The van der Waals surface area contributed by atoms with Crippen LogP contribution in [0.2, 0.25) is 0 Å². The minimum Gasteiger partial charge on any atom is -0.497 e. The van der Waals surface area contributed by atoms with Crippen LogP contribution in [0, 0.1) is 5.92 Å². The Morgan fingerprint density at radius 2 is 1.35 bits per heavy atom. The van der Waals surface area contributed by atoms with Gasteiger partial charge in [-0.05, 0) is 74.6 Å². The summed E-state index contributed by atoms with van der Waals surface area (Å²) in [5.41, 5.74) is 0.920. The third kappa shape index (κ3) is 8.39. The van der Waals surface area contributed by atoms with E-state index < -0.39 is 41.5 Å². The molecular formula is C37H47NO8. The molecule has 3 aromatic rings. The Bertz CT molecular complexity index is 1370. The second-order valence-corrected chi connectivity index (χ2v) is 12.9. The molecule has 1 heterocycles. The summed E-state index contributed by atoms with van der Waals surface area (Å²) >= 11 is 0. The minimum absolute atomic E-state index is 0.113. The van der Waals surface area contributed by atoms with E-state index in [1.54, 1.807) is 41.9 Å². The molecule has 4 rings (SSSR count). The molecule has 0 radical (unpaired) electrons. The summed E-state index contributed by atoms with van der Waals surface area (Å²) in [6, 6.07) is 24.6. The van der Waals surface area contributed by atoms with Crippen LogP contribution in [0.4, 0.5) is 4.79 Å². The number of ether oxygens (including phenoxy) is 6. The highest BCUT2D eigenvalue weighted by atomic mass is 16.6. The van der Waals surface area contributed by atoms with Gasteiger partial charge in [-0.15, -0.1) is 0 Å². The summed E-state index contributed by atoms with van der Waals surface area (Å²) in [7, 11) is 3.26. The highest BCUT2D eigenvalue weighted by Crippen LogP contribution is 2.42. The average molecular weight is 634 g/mol. The monoisotopic (exact) mass is 633 g/mol. The zero-order valence-corrected chi connectivity index (χ0v) is 28.1. The van der Waals surface area contributed by atoms with Gasteiger partial charge in [0, 0.05) is 6.42 Å². The zero-order chi connectivity index (χ0) is 33.5. The molecule has 9 heteroatoms. The van der Waals surface area contributed by atoms with Gasteiger partial charge in [0.25, 0.3) is 0 Å². The molecule has 1 fully saturated rings. The molecule has 4 atom stereocenters. The number of carbonyl (C=O) groups excluding carboxylic acids is 2. The quantitative estimate of drug-likeness (QED) is 0.175. The summed E-state index contributed by atoms with van der Waals surface area (Å²) < 4.78 is 35.8. The van der Waals surface area contributed by atoms with Crippen LogP contribution >= 0.6 is 0 Å². The maximum absolute atomic E-state index is 13.2. The van der Waals surface area contributed by atoms with E-state index in [-0.39, 0.29) is 18.6 Å². The Balaban J connectivity index is 1.67. The van der Waals surface area contributed by atoms with E-state index in [1.165, 1.54) is 0 Å². The molecule has 1 aliphatic heterocycles. The molecule has 9 nitrogen and oxygen atoms in total. The highest BCUT2D eigenvalue weighted by molar-refractivity contribution is 5.81. The van der Waals surface area contributed by atoms with Crippen molar-refractivity contribution in [3.63, 3.8) is 0 Å². The van der Waals surface area contributed by atoms with E-state index >= 15 is 0 Å². The number of alkyl carbamates (subject to hydrolysis) is 1. The summed E-state index contributed by atoms with van der Waals surface area (Å²) in [4.78, 5) is 25.5. The Morgan fingerprint density at radius 1 is 0.826 bits per heavy atom. The van der Waals surface area contributed by atoms with Gasteiger partial charge in [-0.3, -0.25) is 0 Å². The van der Waals surface area contributed by atoms with Gasteiger partial charge in [0.2, 0.25) is 0 Å². The molecule has 248 valence electrons. The summed E-state index contributed by atoms with van der Waals surface area (Å²) in [5, 5.41) is 2.57. The number of benzene rings is 3. The molecule has 3 aromatic carbocycles. The van der Waals surface area contributed by atoms with Crippen LogP contribution in [0.5, 0.6) is 11.5 Å². The van der Waals surface area contributed by atoms with Gasteiger partial charge in [0.1, 0.15) is 41.0 Å². The molecule has 0 spiro atoms. The first-order chi connectivity index (χ1) is 21.9. The lowest BCUT2D eigenvalue weighted by Crippen LogP contribution is -2.45. The molecule has 46 heavy (non-hydrogen) atoms. The van der Waals surface area contributed by atoms with Crippen molar-refractivity contribution < 1.29 is 38.0 Å². The van der Waals surface area contributed by atoms with Crippen LogP contribution < -0.4 is 14.8 Å². The van der Waals surface area contributed by atoms with E-state index in [1.807, 2.05) is 78.9 Å². The lowest BCUT2D eigenvalue weighted by molar-refractivity contribution is -0.157. The highest BCUT2D eigenvalue weighted by Gasteiger charge is 2.44. The van der Waals surface area contributed by atoms with Crippen molar-refractivity contribution in [2.75, 3.05) is 20.8 Å². The number of nitrogens with one attached hydrogen (secondary N) is 1. The van der Waals surface area contributed by atoms with E-state index in [4.69, 9.17) is 28.4 Å². The van der Waals surface area contributed by atoms with Gasteiger partial charge in [0.15, 0.2) is 0 Å². The van der Waals surface area contributed by atoms with Crippen LogP contribution in [-0.4, -0.2) is 62.8 Å². The topological polar surface area (TPSA) is 102 Å². The van der Waals surface area contributed by atoms with E-state index in [9.17, 15) is 9.59 Å². The largest absolute Gasteiger partial charge is 0.497 e. The number of hydrogen-bond acceptors (Lipinski definition) is 8. The fraction of sp³-hybridized carbons (Fsp3) is 0.459. The van der Waals surface area contributed by atoms with Crippen LogP contribution in [0.1, 0.15) is 64.7 Å². The molecule has 0 saturated carbocycles. The molecule has 0 aromatic heterocycles. The van der Waals surface area contributed by atoms with Gasteiger partial charge in [0.05, 0.1) is 26.9 Å². The van der Waals surface area contributed by atoms with E-state index in [0.29, 0.717) is 6.42 Å². The maximum atomic E-state index is 13.2. The summed E-state index contributed by atoms with van der Waals surface area (Å²) in [5.74, 6) is 1.06. The van der Waals surface area contributed by atoms with Crippen molar-refractivity contribution in [2.24, 2.45) is 5.92 Å². The molecule has 1 N–H and O–H groups in total. The first-order valence-electron chi connectivity index (χ1n) is 15.7. The predicted molar refractivity (Wildman–Crippen MR) is 175 cm³/mol.